The molecule has 0 aliphatic rings. The summed E-state index contributed by atoms with van der Waals surface area (Å²) < 4.78 is 36.6. The van der Waals surface area contributed by atoms with Crippen LogP contribution < -0.4 is 0 Å². The molecule has 0 fully saturated rings. The molecule has 1 N–H and O–H groups in total. The van der Waals surface area contributed by atoms with Crippen LogP contribution in [0.4, 0.5) is 13.2 Å². The largest absolute Gasteiger partial charge is 0.406 e. The first kappa shape index (κ1) is 16.1. The molecule has 0 aliphatic carbocycles. The molecule has 0 radical (unpaired) electrons. The molecule has 0 atom stereocenters. The van der Waals surface area contributed by atoms with E-state index in [0.717, 1.165) is 7.05 Å². The second kappa shape index (κ2) is 6.96. The molecule has 1 amide bonds. The lowest BCUT2D eigenvalue weighted by Gasteiger charge is -2.18. The maximum absolute atomic E-state index is 12.2. The molecule has 0 aromatic heterocycles. The summed E-state index contributed by atoms with van der Waals surface area (Å²) in [4.78, 5) is 12.4. The molecule has 20 heavy (non-hydrogen) atoms. The van der Waals surface area contributed by atoms with Gasteiger partial charge in [-0.3, -0.25) is 4.79 Å². The number of rotatable bonds is 3. The van der Waals surface area contributed by atoms with Crippen LogP contribution in [0.25, 0.3) is 0 Å². The van der Waals surface area contributed by atoms with Crippen molar-refractivity contribution in [3.05, 3.63) is 35.4 Å². The van der Waals surface area contributed by atoms with Crippen molar-refractivity contribution in [2.24, 2.45) is 0 Å². The van der Waals surface area contributed by atoms with E-state index in [-0.39, 0.29) is 12.2 Å². The molecule has 1 rings (SSSR count). The van der Waals surface area contributed by atoms with Gasteiger partial charge >= 0.3 is 6.18 Å². The molecule has 108 valence electrons. The summed E-state index contributed by atoms with van der Waals surface area (Å²) in [6.07, 6.45) is -4.07. The van der Waals surface area contributed by atoms with Gasteiger partial charge in [0.05, 0.1) is 6.61 Å². The maximum Gasteiger partial charge on any atom is 0.406 e. The molecule has 0 saturated carbocycles. The summed E-state index contributed by atoms with van der Waals surface area (Å²) in [5.41, 5.74) is 0.804. The average Bonchev–Trinajstić information content (AvgIpc) is 2.37. The van der Waals surface area contributed by atoms with Crippen LogP contribution in [0.3, 0.4) is 0 Å². The number of benzene rings is 1. The highest BCUT2D eigenvalue weighted by Crippen LogP contribution is 2.17. The Balaban J connectivity index is 2.74. The van der Waals surface area contributed by atoms with Crippen molar-refractivity contribution in [1.29, 1.82) is 0 Å². The van der Waals surface area contributed by atoms with Crippen LogP contribution in [0.2, 0.25) is 0 Å². The molecule has 1 aromatic carbocycles. The Morgan fingerprint density at radius 2 is 1.90 bits per heavy atom. The molecule has 0 bridgehead atoms. The van der Waals surface area contributed by atoms with Crippen LogP contribution in [0.5, 0.6) is 0 Å². The third-order valence-corrected chi connectivity index (χ3v) is 2.36. The Morgan fingerprint density at radius 1 is 1.30 bits per heavy atom. The number of aliphatic hydroxyl groups excluding tert-OH is 1. The van der Waals surface area contributed by atoms with Gasteiger partial charge in [0.25, 0.3) is 5.91 Å². The van der Waals surface area contributed by atoms with Gasteiger partial charge < -0.3 is 10.0 Å². The smallest absolute Gasteiger partial charge is 0.395 e. The zero-order chi connectivity index (χ0) is 15.2. The quantitative estimate of drug-likeness (QED) is 0.864. The normalized spacial score (nSPS) is 10.7. The lowest BCUT2D eigenvalue weighted by Crippen LogP contribution is -2.35. The van der Waals surface area contributed by atoms with Gasteiger partial charge in [-0.1, -0.05) is 11.8 Å². The van der Waals surface area contributed by atoms with Gasteiger partial charge in [-0.15, -0.1) is 0 Å². The fraction of sp³-hybridized carbons (Fsp3) is 0.357. The summed E-state index contributed by atoms with van der Waals surface area (Å²) >= 11 is 0. The first-order valence-electron chi connectivity index (χ1n) is 5.85. The van der Waals surface area contributed by atoms with Crippen molar-refractivity contribution < 1.29 is 23.1 Å². The summed E-state index contributed by atoms with van der Waals surface area (Å²) in [7, 11) is 1.10. The fourth-order valence-corrected chi connectivity index (χ4v) is 1.48. The van der Waals surface area contributed by atoms with Crippen LogP contribution in [0, 0.1) is 11.8 Å². The summed E-state index contributed by atoms with van der Waals surface area (Å²) in [5.74, 6) is 4.78. The number of carbonyl (C=O) groups excluding carboxylic acids is 1. The SMILES string of the molecule is CN(CC(F)(F)F)C(=O)c1ccc(C#CCCO)cc1. The number of hydrogen-bond donors (Lipinski definition) is 1. The van der Waals surface area contributed by atoms with Crippen molar-refractivity contribution in [1.82, 2.24) is 4.90 Å². The molecule has 0 spiro atoms. The van der Waals surface area contributed by atoms with Crippen LogP contribution in [0.15, 0.2) is 24.3 Å². The second-order valence-electron chi connectivity index (χ2n) is 4.13. The fourth-order valence-electron chi connectivity index (χ4n) is 1.48. The molecule has 0 heterocycles. The Bertz CT molecular complexity index is 512. The predicted octanol–water partition coefficient (Wildman–Crippen LogP) is 2.05. The monoisotopic (exact) mass is 285 g/mol. The number of carbonyl (C=O) groups is 1. The topological polar surface area (TPSA) is 40.5 Å². The zero-order valence-corrected chi connectivity index (χ0v) is 10.9. The third kappa shape index (κ3) is 5.33. The number of halogens is 3. The number of amides is 1. The van der Waals surface area contributed by atoms with Gasteiger partial charge in [0.15, 0.2) is 0 Å². The highest BCUT2D eigenvalue weighted by Gasteiger charge is 2.31. The molecular weight excluding hydrogens is 271 g/mol. The van der Waals surface area contributed by atoms with E-state index in [0.29, 0.717) is 16.9 Å². The van der Waals surface area contributed by atoms with Gasteiger partial charge in [0.1, 0.15) is 6.54 Å². The number of hydrogen-bond acceptors (Lipinski definition) is 2. The molecule has 0 unspecified atom stereocenters. The number of aliphatic hydroxyl groups is 1. The highest BCUT2D eigenvalue weighted by molar-refractivity contribution is 5.94. The van der Waals surface area contributed by atoms with Crippen LogP contribution in [0.1, 0.15) is 22.3 Å². The molecule has 0 aliphatic heterocycles. The Labute approximate surface area is 115 Å². The third-order valence-electron chi connectivity index (χ3n) is 2.36. The van der Waals surface area contributed by atoms with E-state index in [1.54, 1.807) is 12.1 Å². The summed E-state index contributed by atoms with van der Waals surface area (Å²) in [5, 5.41) is 8.57. The second-order valence-corrected chi connectivity index (χ2v) is 4.13. The standard InChI is InChI=1S/C14H14F3NO2/c1-18(10-14(15,16)17)13(20)12-7-5-11(6-8-12)4-2-3-9-19/h5-8,19H,3,9-10H2,1H3. The van der Waals surface area contributed by atoms with E-state index in [2.05, 4.69) is 11.8 Å². The van der Waals surface area contributed by atoms with Gasteiger partial charge in [0, 0.05) is 24.6 Å². The van der Waals surface area contributed by atoms with Crippen molar-refractivity contribution in [2.45, 2.75) is 12.6 Å². The van der Waals surface area contributed by atoms with Crippen molar-refractivity contribution in [2.75, 3.05) is 20.2 Å². The number of nitrogens with zero attached hydrogens (tertiary/aromatic N) is 1. The maximum atomic E-state index is 12.2. The number of alkyl halides is 3. The predicted molar refractivity (Wildman–Crippen MR) is 68.0 cm³/mol. The van der Waals surface area contributed by atoms with E-state index in [1.807, 2.05) is 0 Å². The van der Waals surface area contributed by atoms with E-state index < -0.39 is 18.6 Å². The first-order chi connectivity index (χ1) is 9.33. The minimum Gasteiger partial charge on any atom is -0.395 e. The van der Waals surface area contributed by atoms with Gasteiger partial charge in [-0.2, -0.15) is 13.2 Å². The van der Waals surface area contributed by atoms with E-state index >= 15 is 0 Å². The Hall–Kier alpha value is -2.00. The molecular formula is C14H14F3NO2. The van der Waals surface area contributed by atoms with Crippen LogP contribution in [-0.2, 0) is 0 Å². The van der Waals surface area contributed by atoms with Gasteiger partial charge in [0.2, 0.25) is 0 Å². The molecule has 1 aromatic rings. The lowest BCUT2D eigenvalue weighted by atomic mass is 10.1. The Kier molecular flexibility index (Phi) is 5.59. The minimum atomic E-state index is -4.42. The van der Waals surface area contributed by atoms with Crippen LogP contribution in [-0.4, -0.2) is 42.3 Å². The first-order valence-corrected chi connectivity index (χ1v) is 5.85. The Morgan fingerprint density at radius 3 is 2.40 bits per heavy atom. The summed E-state index contributed by atoms with van der Waals surface area (Å²) in [6.45, 7) is -1.32. The average molecular weight is 285 g/mol. The minimum absolute atomic E-state index is 0.0359. The zero-order valence-electron chi connectivity index (χ0n) is 10.9. The van der Waals surface area contributed by atoms with Crippen molar-refractivity contribution >= 4 is 5.91 Å². The van der Waals surface area contributed by atoms with E-state index in [9.17, 15) is 18.0 Å². The molecule has 6 heteroatoms. The summed E-state index contributed by atoms with van der Waals surface area (Å²) in [6, 6.07) is 5.97. The van der Waals surface area contributed by atoms with E-state index in [4.69, 9.17) is 5.11 Å². The van der Waals surface area contributed by atoms with Crippen molar-refractivity contribution in [3.8, 4) is 11.8 Å². The lowest BCUT2D eigenvalue weighted by molar-refractivity contribution is -0.138. The van der Waals surface area contributed by atoms with Gasteiger partial charge in [-0.05, 0) is 24.3 Å². The van der Waals surface area contributed by atoms with E-state index in [1.165, 1.54) is 12.1 Å². The molecule has 0 saturated heterocycles. The molecule has 3 nitrogen and oxygen atoms in total. The highest BCUT2D eigenvalue weighted by atomic mass is 19.4. The van der Waals surface area contributed by atoms with Crippen molar-refractivity contribution in [3.63, 3.8) is 0 Å². The van der Waals surface area contributed by atoms with Gasteiger partial charge in [-0.25, -0.2) is 0 Å². The van der Waals surface area contributed by atoms with Crippen LogP contribution >= 0.6 is 0 Å².